The number of aliphatic hydroxyl groups excluding tert-OH is 1. The minimum absolute atomic E-state index is 0.0932. The summed E-state index contributed by atoms with van der Waals surface area (Å²) in [6, 6.07) is 15.0. The maximum atomic E-state index is 12.6. The number of ether oxygens (including phenoxy) is 3. The molecule has 0 unspecified atom stereocenters. The van der Waals surface area contributed by atoms with Crippen molar-refractivity contribution in [3.63, 3.8) is 0 Å². The molecule has 0 aromatic heterocycles. The van der Waals surface area contributed by atoms with Gasteiger partial charge in [-0.15, -0.1) is 0 Å². The summed E-state index contributed by atoms with van der Waals surface area (Å²) in [5, 5.41) is 20.0. The van der Waals surface area contributed by atoms with Crippen LogP contribution >= 0.6 is 0 Å². The lowest BCUT2D eigenvalue weighted by atomic mass is 10.00. The molecule has 34 heavy (non-hydrogen) atoms. The van der Waals surface area contributed by atoms with Gasteiger partial charge in [0, 0.05) is 18.2 Å². The highest BCUT2D eigenvalue weighted by atomic mass is 16.6. The van der Waals surface area contributed by atoms with E-state index in [1.807, 2.05) is 0 Å². The first-order valence-corrected chi connectivity index (χ1v) is 10.9. The second-order valence-corrected chi connectivity index (χ2v) is 7.10. The van der Waals surface area contributed by atoms with Gasteiger partial charge in [0.2, 0.25) is 0 Å². The molecule has 0 saturated carbocycles. The number of imide groups is 1. The van der Waals surface area contributed by atoms with E-state index in [-0.39, 0.29) is 13.2 Å². The van der Waals surface area contributed by atoms with Gasteiger partial charge in [0.15, 0.2) is 6.10 Å². The van der Waals surface area contributed by atoms with Crippen LogP contribution in [0.5, 0.6) is 5.75 Å². The van der Waals surface area contributed by atoms with Crippen molar-refractivity contribution >= 4 is 18.0 Å². The van der Waals surface area contributed by atoms with E-state index in [9.17, 15) is 14.4 Å². The van der Waals surface area contributed by atoms with Gasteiger partial charge >= 0.3 is 12.1 Å². The number of hydrogen-bond acceptors (Lipinski definition) is 7. The number of aliphatic carboxylic acids is 1. The van der Waals surface area contributed by atoms with Gasteiger partial charge in [-0.2, -0.15) is 0 Å². The zero-order chi connectivity index (χ0) is 24.8. The van der Waals surface area contributed by atoms with Crippen molar-refractivity contribution in [2.24, 2.45) is 0 Å². The van der Waals surface area contributed by atoms with Crippen molar-refractivity contribution in [3.8, 4) is 5.75 Å². The third-order valence-corrected chi connectivity index (χ3v) is 4.63. The molecule has 0 heterocycles. The van der Waals surface area contributed by atoms with Crippen LogP contribution in [0, 0.1) is 0 Å². The lowest BCUT2D eigenvalue weighted by Crippen LogP contribution is -2.35. The van der Waals surface area contributed by atoms with E-state index in [1.54, 1.807) is 61.5 Å². The first-order valence-electron chi connectivity index (χ1n) is 10.9. The molecule has 0 saturated heterocycles. The number of aliphatic hydroxyl groups is 1. The molecule has 0 aliphatic carbocycles. The van der Waals surface area contributed by atoms with Gasteiger partial charge in [-0.25, -0.2) is 9.59 Å². The van der Waals surface area contributed by atoms with Crippen LogP contribution in [-0.2, 0) is 14.3 Å². The number of carbonyl (C=O) groups excluding carboxylic acids is 2. The molecule has 9 heteroatoms. The summed E-state index contributed by atoms with van der Waals surface area (Å²) in [4.78, 5) is 35.7. The highest BCUT2D eigenvalue weighted by Gasteiger charge is 2.28. The molecule has 2 aromatic carbocycles. The van der Waals surface area contributed by atoms with Crippen LogP contribution in [0.3, 0.4) is 0 Å². The minimum atomic E-state index is -1.06. The van der Waals surface area contributed by atoms with Crippen molar-refractivity contribution < 1.29 is 38.8 Å². The smallest absolute Gasteiger partial charge is 0.414 e. The maximum Gasteiger partial charge on any atom is 0.414 e. The van der Waals surface area contributed by atoms with Crippen LogP contribution in [0.15, 0.2) is 66.7 Å². The summed E-state index contributed by atoms with van der Waals surface area (Å²) in [6.45, 7) is 2.04. The van der Waals surface area contributed by atoms with E-state index in [0.717, 1.165) is 6.08 Å². The zero-order valence-corrected chi connectivity index (χ0v) is 18.9. The first kappa shape index (κ1) is 26.6. The molecule has 0 aliphatic heterocycles. The molecule has 0 aliphatic rings. The van der Waals surface area contributed by atoms with E-state index >= 15 is 0 Å². The lowest BCUT2D eigenvalue weighted by Gasteiger charge is -2.27. The monoisotopic (exact) mass is 471 g/mol. The number of carbonyl (C=O) groups is 3. The topological polar surface area (TPSA) is 131 Å². The zero-order valence-electron chi connectivity index (χ0n) is 18.9. The lowest BCUT2D eigenvalue weighted by molar-refractivity contribution is -0.131. The normalized spacial score (nSPS) is 12.6. The molecule has 2 atom stereocenters. The summed E-state index contributed by atoms with van der Waals surface area (Å²) >= 11 is 0. The number of rotatable bonds is 13. The van der Waals surface area contributed by atoms with Gasteiger partial charge in [-0.3, -0.25) is 10.1 Å². The highest BCUT2D eigenvalue weighted by molar-refractivity contribution is 6.02. The molecule has 2 amide bonds. The van der Waals surface area contributed by atoms with Crippen LogP contribution in [0.1, 0.15) is 41.8 Å². The van der Waals surface area contributed by atoms with Crippen molar-refractivity contribution in [1.29, 1.82) is 0 Å². The number of nitrogens with one attached hydrogen (secondary N) is 1. The molecular formula is C25H29NO8. The van der Waals surface area contributed by atoms with Crippen LogP contribution in [0.4, 0.5) is 4.79 Å². The summed E-state index contributed by atoms with van der Waals surface area (Å²) in [7, 11) is 0. The fraction of sp³-hybridized carbons (Fsp3) is 0.320. The second-order valence-electron chi connectivity index (χ2n) is 7.10. The molecule has 2 rings (SSSR count). The van der Waals surface area contributed by atoms with E-state index in [4.69, 9.17) is 24.4 Å². The van der Waals surface area contributed by atoms with Crippen LogP contribution in [0.25, 0.3) is 0 Å². The molecular weight excluding hydrogens is 442 g/mol. The number of carboxylic acids is 1. The van der Waals surface area contributed by atoms with Crippen LogP contribution in [0.2, 0.25) is 0 Å². The number of carboxylic acid groups (broad SMARTS) is 1. The average Bonchev–Trinajstić information content (AvgIpc) is 2.84. The number of alkyl carbamates (subject to hydrolysis) is 1. The quantitative estimate of drug-likeness (QED) is 0.378. The summed E-state index contributed by atoms with van der Waals surface area (Å²) < 4.78 is 16.9. The van der Waals surface area contributed by atoms with Gasteiger partial charge in [0.05, 0.1) is 12.7 Å². The predicted octanol–water partition coefficient (Wildman–Crippen LogP) is 3.49. The van der Waals surface area contributed by atoms with E-state index in [0.29, 0.717) is 36.3 Å². The Bertz CT molecular complexity index is 960. The largest absolute Gasteiger partial charge is 0.491 e. The van der Waals surface area contributed by atoms with Gasteiger partial charge in [-0.1, -0.05) is 36.4 Å². The fourth-order valence-electron chi connectivity index (χ4n) is 3.18. The molecule has 9 nitrogen and oxygen atoms in total. The van der Waals surface area contributed by atoms with E-state index in [2.05, 4.69) is 5.32 Å². The Kier molecular flexibility index (Phi) is 11.3. The standard InChI is InChI=1S/C25H29NO8/c1-2-32-21(13-6-7-14-22(28)29)23(19-11-8-12-20(17-19)33-16-15-27)34-25(31)26-24(30)18-9-4-3-5-10-18/h3-5,7-12,14,17,21,23,27H,2,6,13,15-16H2,1H3,(H,28,29)(H,26,30,31)/b14-7+/t21-,23-/m1/s1. The van der Waals surface area contributed by atoms with Crippen LogP contribution in [-0.4, -0.2) is 54.1 Å². The maximum absolute atomic E-state index is 12.6. The summed E-state index contributed by atoms with van der Waals surface area (Å²) in [5.74, 6) is -1.21. The predicted molar refractivity (Wildman–Crippen MR) is 124 cm³/mol. The Balaban J connectivity index is 2.24. The summed E-state index contributed by atoms with van der Waals surface area (Å²) in [5.41, 5.74) is 0.856. The highest BCUT2D eigenvalue weighted by Crippen LogP contribution is 2.29. The Hall–Kier alpha value is -3.69. The molecule has 3 N–H and O–H groups in total. The van der Waals surface area contributed by atoms with Gasteiger partial charge < -0.3 is 24.4 Å². The minimum Gasteiger partial charge on any atom is -0.491 e. The third-order valence-electron chi connectivity index (χ3n) is 4.63. The molecule has 0 radical (unpaired) electrons. The van der Waals surface area contributed by atoms with E-state index < -0.39 is 30.2 Å². The van der Waals surface area contributed by atoms with Gasteiger partial charge in [0.25, 0.3) is 5.91 Å². The molecule has 0 spiro atoms. The van der Waals surface area contributed by atoms with Crippen molar-refractivity contribution in [2.45, 2.75) is 32.0 Å². The molecule has 0 bridgehead atoms. The van der Waals surface area contributed by atoms with Crippen molar-refractivity contribution in [1.82, 2.24) is 5.32 Å². The number of hydrogen-bond donors (Lipinski definition) is 3. The van der Waals surface area contributed by atoms with Gasteiger partial charge in [-0.05, 0) is 49.6 Å². The molecule has 0 fully saturated rings. The second kappa shape index (κ2) is 14.5. The van der Waals surface area contributed by atoms with Crippen molar-refractivity contribution in [2.75, 3.05) is 19.8 Å². The number of benzene rings is 2. The number of allylic oxidation sites excluding steroid dienone is 1. The Morgan fingerprint density at radius 1 is 1.09 bits per heavy atom. The number of amides is 2. The fourth-order valence-corrected chi connectivity index (χ4v) is 3.18. The van der Waals surface area contributed by atoms with Gasteiger partial charge in [0.1, 0.15) is 12.4 Å². The Labute approximate surface area is 198 Å². The Morgan fingerprint density at radius 3 is 2.53 bits per heavy atom. The third kappa shape index (κ3) is 9.05. The van der Waals surface area contributed by atoms with Crippen LogP contribution < -0.4 is 10.1 Å². The van der Waals surface area contributed by atoms with E-state index in [1.165, 1.54) is 6.08 Å². The average molecular weight is 472 g/mol. The molecule has 182 valence electrons. The summed E-state index contributed by atoms with van der Waals surface area (Å²) in [6.07, 6.45) is 0.741. The molecule has 2 aromatic rings. The van der Waals surface area contributed by atoms with Crippen molar-refractivity contribution in [3.05, 3.63) is 77.9 Å². The SMILES string of the molecule is CCO[C@H](CC/C=C/C(=O)O)[C@H](OC(=O)NC(=O)c1ccccc1)c1cccc(OCCO)c1. The Morgan fingerprint density at radius 2 is 1.85 bits per heavy atom. The first-order chi connectivity index (χ1) is 16.4.